The van der Waals surface area contributed by atoms with Gasteiger partial charge < -0.3 is 19.7 Å². The highest BCUT2D eigenvalue weighted by Crippen LogP contribution is 2.33. The van der Waals surface area contributed by atoms with Crippen molar-refractivity contribution in [2.75, 3.05) is 26.9 Å². The quantitative estimate of drug-likeness (QED) is 0.400. The average molecular weight is 336 g/mol. The zero-order chi connectivity index (χ0) is 18.2. The number of rotatable bonds is 13. The summed E-state index contributed by atoms with van der Waals surface area (Å²) in [5.74, 6) is -0.145. The van der Waals surface area contributed by atoms with Gasteiger partial charge in [-0.2, -0.15) is 0 Å². The lowest BCUT2D eigenvalue weighted by Crippen LogP contribution is -2.40. The fraction of sp³-hybridized carbons (Fsp3) is 0.867. The summed E-state index contributed by atoms with van der Waals surface area (Å²) in [6.45, 7) is 3.10. The maximum atomic E-state index is 11.7. The van der Waals surface area contributed by atoms with Gasteiger partial charge in [0.05, 0.1) is 6.10 Å². The third kappa shape index (κ3) is 11.9. The van der Waals surface area contributed by atoms with Crippen molar-refractivity contribution in [3.05, 3.63) is 0 Å². The summed E-state index contributed by atoms with van der Waals surface area (Å²) in [7, 11) is 0.498. The Bertz CT molecular complexity index is 325. The normalized spacial score (nSPS) is 13.4. The second kappa shape index (κ2) is 13.9. The Hall–Kier alpha value is -0.710. The molecule has 7 heteroatoms. The molecule has 2 N–H and O–H groups in total. The highest BCUT2D eigenvalue weighted by atomic mass is 31.2. The van der Waals surface area contributed by atoms with E-state index >= 15 is 0 Å². The van der Waals surface area contributed by atoms with Crippen molar-refractivity contribution in [3.8, 4) is 0 Å². The molecule has 2 amide bonds. The number of carbonyl (C=O) groups excluding carboxylic acids is 2. The van der Waals surface area contributed by atoms with Crippen LogP contribution in [-0.2, 0) is 18.6 Å². The smallest absolute Gasteiger partial charge is 0.220 e. The number of amides is 2. The van der Waals surface area contributed by atoms with Gasteiger partial charge in [0.2, 0.25) is 11.8 Å². The first-order valence-electron chi connectivity index (χ1n) is 9.01. The minimum absolute atomic E-state index is 0.0725. The van der Waals surface area contributed by atoms with E-state index in [4.69, 9.17) is 11.8 Å². The van der Waals surface area contributed by atoms with Crippen molar-refractivity contribution < 1.29 is 21.4 Å². The van der Waals surface area contributed by atoms with E-state index in [-0.39, 0.29) is 17.9 Å². The molecule has 22 heavy (non-hydrogen) atoms. The standard InChI is InChI=1S/C15H31N2O4P/c1-5-7-9-14(18)16-11-13(21-22(4)20-3)12-17-15(19)10-8-6-2/h13H,5-12H2,1-4H3,(H,16,18)(H,17,19)/i1D,2D. The summed E-state index contributed by atoms with van der Waals surface area (Å²) in [6, 6.07) is 0. The lowest BCUT2D eigenvalue weighted by Gasteiger charge is -2.21. The van der Waals surface area contributed by atoms with E-state index in [9.17, 15) is 9.59 Å². The molecule has 0 aliphatic heterocycles. The summed E-state index contributed by atoms with van der Waals surface area (Å²) >= 11 is 0. The van der Waals surface area contributed by atoms with E-state index in [2.05, 4.69) is 10.6 Å². The SMILES string of the molecule is [2H]CCCCC(=O)NCC(CNC(=O)CCCC[2H])OP(C)OC. The molecule has 0 aliphatic rings. The molecule has 0 bridgehead atoms. The van der Waals surface area contributed by atoms with Gasteiger partial charge in [-0.15, -0.1) is 0 Å². The summed E-state index contributed by atoms with van der Waals surface area (Å²) in [4.78, 5) is 23.5. The van der Waals surface area contributed by atoms with Crippen LogP contribution < -0.4 is 10.6 Å². The van der Waals surface area contributed by atoms with Gasteiger partial charge in [0.25, 0.3) is 0 Å². The van der Waals surface area contributed by atoms with Crippen LogP contribution in [0.15, 0.2) is 0 Å². The molecule has 0 spiro atoms. The lowest BCUT2D eigenvalue weighted by atomic mass is 10.2. The molecule has 0 fully saturated rings. The van der Waals surface area contributed by atoms with Crippen LogP contribution in [0.1, 0.15) is 55.1 Å². The van der Waals surface area contributed by atoms with Crippen LogP contribution in [0, 0.1) is 0 Å². The van der Waals surface area contributed by atoms with E-state index in [0.717, 1.165) is 0 Å². The molecule has 0 aromatic heterocycles. The van der Waals surface area contributed by atoms with Crippen LogP contribution in [0.25, 0.3) is 0 Å². The number of unbranched alkanes of at least 4 members (excludes halogenated alkanes) is 2. The average Bonchev–Trinajstić information content (AvgIpc) is 2.57. The Balaban J connectivity index is 4.17. The molecule has 0 rings (SSSR count). The molecule has 0 aliphatic carbocycles. The van der Waals surface area contributed by atoms with Crippen LogP contribution in [0.5, 0.6) is 0 Å². The first kappa shape index (κ1) is 17.6. The number of hydrogen-bond donors (Lipinski definition) is 2. The number of nitrogens with one attached hydrogen (secondary N) is 2. The Morgan fingerprint density at radius 1 is 1.09 bits per heavy atom. The van der Waals surface area contributed by atoms with Gasteiger partial charge in [0.1, 0.15) is 0 Å². The number of carbonyl (C=O) groups is 2. The summed E-state index contributed by atoms with van der Waals surface area (Å²) in [6.07, 6.45) is 3.28. The second-order valence-corrected chi connectivity index (χ2v) is 6.33. The summed E-state index contributed by atoms with van der Waals surface area (Å²) in [5, 5.41) is 5.60. The van der Waals surface area contributed by atoms with Crippen LogP contribution >= 0.6 is 8.38 Å². The zero-order valence-electron chi connectivity index (χ0n) is 15.7. The van der Waals surface area contributed by atoms with Crippen LogP contribution in [0.3, 0.4) is 0 Å². The van der Waals surface area contributed by atoms with Crippen LogP contribution in [-0.4, -0.2) is 44.8 Å². The molecule has 0 radical (unpaired) electrons. The van der Waals surface area contributed by atoms with Crippen LogP contribution in [0.2, 0.25) is 0 Å². The maximum absolute atomic E-state index is 11.7. The van der Waals surface area contributed by atoms with Gasteiger partial charge >= 0.3 is 0 Å². The predicted octanol–water partition coefficient (Wildman–Crippen LogP) is 2.57. The van der Waals surface area contributed by atoms with E-state index in [1.807, 2.05) is 6.66 Å². The van der Waals surface area contributed by atoms with E-state index in [0.29, 0.717) is 65.4 Å². The van der Waals surface area contributed by atoms with E-state index in [1.54, 1.807) is 7.11 Å². The zero-order valence-corrected chi connectivity index (χ0v) is 14.6. The second-order valence-electron chi connectivity index (χ2n) is 4.87. The predicted molar refractivity (Wildman–Crippen MR) is 89.8 cm³/mol. The highest BCUT2D eigenvalue weighted by molar-refractivity contribution is 7.46. The molecule has 0 heterocycles. The molecule has 0 aromatic rings. The molecule has 1 atom stereocenters. The Morgan fingerprint density at radius 2 is 1.59 bits per heavy atom. The van der Waals surface area contributed by atoms with Gasteiger partial charge in [0.15, 0.2) is 8.38 Å². The van der Waals surface area contributed by atoms with Gasteiger partial charge in [-0.1, -0.05) is 26.6 Å². The van der Waals surface area contributed by atoms with Crippen molar-refractivity contribution in [1.29, 1.82) is 0 Å². The third-order valence-corrected chi connectivity index (χ3v) is 4.03. The van der Waals surface area contributed by atoms with Crippen molar-refractivity contribution >= 4 is 20.2 Å². The Kier molecular flexibility index (Phi) is 11.2. The molecule has 1 unspecified atom stereocenters. The van der Waals surface area contributed by atoms with Gasteiger partial charge in [-0.25, -0.2) is 0 Å². The Labute approximate surface area is 138 Å². The topological polar surface area (TPSA) is 76.7 Å². The molecule has 0 saturated carbocycles. The Morgan fingerprint density at radius 3 is 2.00 bits per heavy atom. The molecule has 130 valence electrons. The molecular weight excluding hydrogens is 303 g/mol. The van der Waals surface area contributed by atoms with Crippen molar-refractivity contribution in [1.82, 2.24) is 10.6 Å². The van der Waals surface area contributed by atoms with Gasteiger partial charge in [0, 0.05) is 42.4 Å². The minimum Gasteiger partial charge on any atom is -0.353 e. The van der Waals surface area contributed by atoms with Crippen molar-refractivity contribution in [3.63, 3.8) is 0 Å². The fourth-order valence-electron chi connectivity index (χ4n) is 1.60. The van der Waals surface area contributed by atoms with Gasteiger partial charge in [-0.3, -0.25) is 9.59 Å². The van der Waals surface area contributed by atoms with Crippen molar-refractivity contribution in [2.45, 2.75) is 58.4 Å². The fourth-order valence-corrected chi connectivity index (χ4v) is 2.26. The largest absolute Gasteiger partial charge is 0.353 e. The molecule has 0 aromatic carbocycles. The lowest BCUT2D eigenvalue weighted by molar-refractivity contribution is -0.121. The third-order valence-electron chi connectivity index (χ3n) is 2.92. The highest BCUT2D eigenvalue weighted by Gasteiger charge is 2.16. The summed E-state index contributed by atoms with van der Waals surface area (Å²) in [5.41, 5.74) is 0. The van der Waals surface area contributed by atoms with Gasteiger partial charge in [-0.05, 0) is 12.8 Å². The van der Waals surface area contributed by atoms with E-state index in [1.165, 1.54) is 0 Å². The first-order chi connectivity index (χ1) is 11.5. The first-order valence-corrected chi connectivity index (χ1v) is 9.22. The number of hydrogen-bond acceptors (Lipinski definition) is 4. The monoisotopic (exact) mass is 336 g/mol. The molecule has 0 saturated heterocycles. The molecule has 6 nitrogen and oxygen atoms in total. The molecular formula is C15H31N2O4P. The van der Waals surface area contributed by atoms with E-state index < -0.39 is 8.38 Å². The van der Waals surface area contributed by atoms with Crippen LogP contribution in [0.4, 0.5) is 0 Å². The maximum Gasteiger partial charge on any atom is 0.220 e. The minimum atomic E-state index is -1.06. The van der Waals surface area contributed by atoms with Crippen molar-refractivity contribution in [2.24, 2.45) is 0 Å². The summed E-state index contributed by atoms with van der Waals surface area (Å²) < 4.78 is 24.9.